The highest BCUT2D eigenvalue weighted by molar-refractivity contribution is 5.94. The maximum absolute atomic E-state index is 11.4. The molecule has 2 aromatic carbocycles. The minimum atomic E-state index is -1.21. The summed E-state index contributed by atoms with van der Waals surface area (Å²) >= 11 is 0. The highest BCUT2D eigenvalue weighted by atomic mass is 16.5. The number of rotatable bonds is 4. The average Bonchev–Trinajstić information content (AvgIpc) is 2.72. The lowest BCUT2D eigenvalue weighted by molar-refractivity contribution is -0.0181. The minimum Gasteiger partial charge on any atom is -0.478 e. The van der Waals surface area contributed by atoms with E-state index < -0.39 is 11.9 Å². The van der Waals surface area contributed by atoms with E-state index >= 15 is 0 Å². The monoisotopic (exact) mass is 416 g/mol. The van der Waals surface area contributed by atoms with E-state index in [1.165, 1.54) is 50.7 Å². The number of hydrogen-bond acceptors (Lipinski definition) is 3. The predicted octanol–water partition coefficient (Wildman–Crippen LogP) is 5.44. The van der Waals surface area contributed by atoms with E-state index in [9.17, 15) is 19.8 Å². The van der Waals surface area contributed by atoms with Crippen LogP contribution in [-0.4, -0.2) is 22.2 Å². The molecule has 4 fully saturated rings. The van der Waals surface area contributed by atoms with Crippen molar-refractivity contribution in [3.05, 3.63) is 59.2 Å². The Morgan fingerprint density at radius 2 is 1.42 bits per heavy atom. The van der Waals surface area contributed by atoms with Gasteiger partial charge >= 0.3 is 11.9 Å². The van der Waals surface area contributed by atoms with Crippen LogP contribution < -0.4 is 4.74 Å². The maximum atomic E-state index is 11.4. The molecule has 0 aliphatic heterocycles. The molecule has 0 amide bonds. The van der Waals surface area contributed by atoms with Crippen molar-refractivity contribution in [1.29, 1.82) is 0 Å². The van der Waals surface area contributed by atoms with Crippen LogP contribution in [0, 0.1) is 35.0 Å². The summed E-state index contributed by atoms with van der Waals surface area (Å²) in [6, 6.07) is 11.2. The first kappa shape index (κ1) is 19.7. The van der Waals surface area contributed by atoms with Crippen LogP contribution in [0.15, 0.2) is 42.5 Å². The molecule has 0 spiro atoms. The predicted molar refractivity (Wildman–Crippen MR) is 114 cm³/mol. The van der Waals surface area contributed by atoms with Crippen LogP contribution >= 0.6 is 0 Å². The Morgan fingerprint density at radius 3 is 1.97 bits per heavy atom. The molecule has 31 heavy (non-hydrogen) atoms. The first-order valence-electron chi connectivity index (χ1n) is 10.8. The average molecular weight is 416 g/mol. The van der Waals surface area contributed by atoms with Crippen LogP contribution in [0.1, 0.15) is 64.8 Å². The second-order valence-corrected chi connectivity index (χ2v) is 9.40. The SMILES string of the molecule is O=C(O)c1cc(Oc2ccccc2C#CC23CC4CC(CC(C4)C2)C3)cc(C(=O)O)c1. The topological polar surface area (TPSA) is 83.8 Å². The summed E-state index contributed by atoms with van der Waals surface area (Å²) in [5.74, 6) is 7.68. The Kier molecular flexibility index (Phi) is 4.74. The maximum Gasteiger partial charge on any atom is 0.335 e. The summed E-state index contributed by atoms with van der Waals surface area (Å²) in [7, 11) is 0. The van der Waals surface area contributed by atoms with E-state index in [0.29, 0.717) is 5.75 Å². The fraction of sp³-hybridized carbons (Fsp3) is 0.385. The van der Waals surface area contributed by atoms with Crippen molar-refractivity contribution in [2.75, 3.05) is 0 Å². The van der Waals surface area contributed by atoms with Crippen LogP contribution in [0.2, 0.25) is 0 Å². The number of ether oxygens (including phenoxy) is 1. The highest BCUT2D eigenvalue weighted by Crippen LogP contribution is 2.59. The lowest BCUT2D eigenvalue weighted by atomic mass is 9.50. The second kappa shape index (κ2) is 7.46. The lowest BCUT2D eigenvalue weighted by Crippen LogP contribution is -2.45. The Morgan fingerprint density at radius 1 is 0.871 bits per heavy atom. The zero-order chi connectivity index (χ0) is 21.6. The molecular formula is C26H24O5. The fourth-order valence-electron chi connectivity index (χ4n) is 6.15. The molecule has 0 atom stereocenters. The molecule has 0 unspecified atom stereocenters. The third kappa shape index (κ3) is 3.90. The number of para-hydroxylation sites is 1. The Bertz CT molecular complexity index is 1050. The summed E-state index contributed by atoms with van der Waals surface area (Å²) in [5, 5.41) is 18.6. The number of carboxylic acids is 2. The third-order valence-electron chi connectivity index (χ3n) is 7.02. The molecule has 4 saturated carbocycles. The zero-order valence-electron chi connectivity index (χ0n) is 17.1. The van der Waals surface area contributed by atoms with Gasteiger partial charge in [0.25, 0.3) is 0 Å². The number of carbonyl (C=O) groups is 2. The van der Waals surface area contributed by atoms with Crippen molar-refractivity contribution in [1.82, 2.24) is 0 Å². The van der Waals surface area contributed by atoms with Gasteiger partial charge in [-0.15, -0.1) is 0 Å². The molecule has 0 heterocycles. The largest absolute Gasteiger partial charge is 0.478 e. The van der Waals surface area contributed by atoms with Crippen molar-refractivity contribution >= 4 is 11.9 Å². The Balaban J connectivity index is 1.45. The summed E-state index contributed by atoms with van der Waals surface area (Å²) in [6.07, 6.45) is 7.68. The van der Waals surface area contributed by atoms with Crippen molar-refractivity contribution in [3.8, 4) is 23.3 Å². The summed E-state index contributed by atoms with van der Waals surface area (Å²) in [5.41, 5.74) is 0.580. The molecule has 0 saturated heterocycles. The number of carboxylic acid groups (broad SMARTS) is 2. The van der Waals surface area contributed by atoms with E-state index in [1.807, 2.05) is 18.2 Å². The molecule has 4 bridgehead atoms. The van der Waals surface area contributed by atoms with E-state index in [-0.39, 0.29) is 22.3 Å². The molecular weight excluding hydrogens is 392 g/mol. The molecule has 4 aliphatic carbocycles. The van der Waals surface area contributed by atoms with E-state index in [4.69, 9.17) is 4.74 Å². The van der Waals surface area contributed by atoms with E-state index in [2.05, 4.69) is 11.8 Å². The van der Waals surface area contributed by atoms with Gasteiger partial charge in [-0.1, -0.05) is 24.0 Å². The third-order valence-corrected chi connectivity index (χ3v) is 7.02. The van der Waals surface area contributed by atoms with Gasteiger partial charge in [-0.25, -0.2) is 9.59 Å². The summed E-state index contributed by atoms with van der Waals surface area (Å²) < 4.78 is 5.93. The normalized spacial score (nSPS) is 27.9. The molecule has 0 radical (unpaired) electrons. The van der Waals surface area contributed by atoms with Gasteiger partial charge in [-0.3, -0.25) is 0 Å². The number of aromatic carboxylic acids is 2. The van der Waals surface area contributed by atoms with E-state index in [1.54, 1.807) is 6.07 Å². The van der Waals surface area contributed by atoms with Crippen LogP contribution in [0.3, 0.4) is 0 Å². The van der Waals surface area contributed by atoms with Crippen LogP contribution in [0.4, 0.5) is 0 Å². The summed E-state index contributed by atoms with van der Waals surface area (Å²) in [6.45, 7) is 0. The van der Waals surface area contributed by atoms with Crippen molar-refractivity contribution in [2.24, 2.45) is 23.2 Å². The summed E-state index contributed by atoms with van der Waals surface area (Å²) in [4.78, 5) is 22.8. The zero-order valence-corrected chi connectivity index (χ0v) is 17.1. The first-order valence-corrected chi connectivity index (χ1v) is 10.8. The van der Waals surface area contributed by atoms with Gasteiger partial charge in [0.15, 0.2) is 0 Å². The van der Waals surface area contributed by atoms with Crippen LogP contribution in [-0.2, 0) is 0 Å². The molecule has 0 aromatic heterocycles. The molecule has 2 aromatic rings. The molecule has 5 nitrogen and oxygen atoms in total. The Labute approximate surface area is 181 Å². The number of benzene rings is 2. The molecule has 5 heteroatoms. The lowest BCUT2D eigenvalue weighted by Gasteiger charge is -2.54. The smallest absolute Gasteiger partial charge is 0.335 e. The quantitative estimate of drug-likeness (QED) is 0.648. The fourth-order valence-corrected chi connectivity index (χ4v) is 6.15. The van der Waals surface area contributed by atoms with Gasteiger partial charge in [0, 0.05) is 5.41 Å². The van der Waals surface area contributed by atoms with Crippen molar-refractivity contribution in [2.45, 2.75) is 38.5 Å². The van der Waals surface area contributed by atoms with Gasteiger partial charge in [0.1, 0.15) is 11.5 Å². The molecule has 4 aliphatic rings. The molecule has 158 valence electrons. The van der Waals surface area contributed by atoms with Crippen molar-refractivity contribution in [3.63, 3.8) is 0 Å². The number of hydrogen-bond donors (Lipinski definition) is 2. The van der Waals surface area contributed by atoms with Crippen LogP contribution in [0.5, 0.6) is 11.5 Å². The van der Waals surface area contributed by atoms with Gasteiger partial charge in [0.05, 0.1) is 16.7 Å². The van der Waals surface area contributed by atoms with Gasteiger partial charge in [-0.2, -0.15) is 0 Å². The first-order chi connectivity index (χ1) is 14.9. The second-order valence-electron chi connectivity index (χ2n) is 9.40. The van der Waals surface area contributed by atoms with Gasteiger partial charge in [0.2, 0.25) is 0 Å². The van der Waals surface area contributed by atoms with Gasteiger partial charge in [-0.05, 0) is 86.6 Å². The molecule has 2 N–H and O–H groups in total. The van der Waals surface area contributed by atoms with E-state index in [0.717, 1.165) is 29.4 Å². The van der Waals surface area contributed by atoms with Gasteiger partial charge < -0.3 is 14.9 Å². The Hall–Kier alpha value is -3.26. The highest BCUT2D eigenvalue weighted by Gasteiger charge is 2.50. The minimum absolute atomic E-state index is 0.113. The molecule has 6 rings (SSSR count). The van der Waals surface area contributed by atoms with Crippen molar-refractivity contribution < 1.29 is 24.5 Å². The van der Waals surface area contributed by atoms with Crippen LogP contribution in [0.25, 0.3) is 0 Å². The standard InChI is InChI=1S/C26H24O5/c27-24(28)20-10-21(25(29)30)12-22(11-20)31-23-4-2-1-3-19(23)5-6-26-13-16-7-17(14-26)9-18(8-16)15-26/h1-4,10-12,16-18H,7-9,13-15H2,(H,27,28)(H,29,30).